The van der Waals surface area contributed by atoms with Crippen LogP contribution in [0.15, 0.2) is 109 Å². The Hall–Kier alpha value is -5.88. The summed E-state index contributed by atoms with van der Waals surface area (Å²) in [6.45, 7) is 12.5. The Morgan fingerprint density at radius 1 is 0.323 bits per heavy atom. The van der Waals surface area contributed by atoms with Gasteiger partial charge in [0.2, 0.25) is 0 Å². The van der Waals surface area contributed by atoms with Gasteiger partial charge >= 0.3 is 0 Å². The van der Waals surface area contributed by atoms with Gasteiger partial charge in [-0.2, -0.15) is 0 Å². The largest absolute Gasteiger partial charge is 0.489 e. The third-order valence-electron chi connectivity index (χ3n) is 16.1. The highest BCUT2D eigenvalue weighted by molar-refractivity contribution is 5.79. The molecule has 0 atom stereocenters. The van der Waals surface area contributed by atoms with E-state index in [1.807, 2.05) is 72.8 Å². The Kier molecular flexibility index (Phi) is 8.43. The van der Waals surface area contributed by atoms with Crippen LogP contribution in [0.2, 0.25) is 0 Å². The fourth-order valence-electron chi connectivity index (χ4n) is 13.7. The van der Waals surface area contributed by atoms with E-state index in [2.05, 4.69) is 64.1 Å². The van der Waals surface area contributed by atoms with Crippen LogP contribution in [0.1, 0.15) is 133 Å². The molecule has 62 heavy (non-hydrogen) atoms. The first-order valence-corrected chi connectivity index (χ1v) is 22.9. The highest BCUT2D eigenvalue weighted by Crippen LogP contribution is 2.85. The molecule has 6 nitrogen and oxygen atoms in total. The molecular formula is C56H54O6. The lowest BCUT2D eigenvalue weighted by molar-refractivity contribution is 0.0539. The van der Waals surface area contributed by atoms with Crippen molar-refractivity contribution in [3.8, 4) is 34.5 Å². The number of rotatable bonds is 6. The van der Waals surface area contributed by atoms with Gasteiger partial charge in [-0.15, -0.1) is 0 Å². The highest BCUT2D eigenvalue weighted by Gasteiger charge is 2.82. The quantitative estimate of drug-likeness (QED) is 0.167. The molecule has 0 radical (unpaired) electrons. The van der Waals surface area contributed by atoms with Gasteiger partial charge < -0.3 is 28.4 Å². The lowest BCUT2D eigenvalue weighted by atomic mass is 9.48. The van der Waals surface area contributed by atoms with Crippen molar-refractivity contribution >= 4 is 0 Å². The molecule has 3 aliphatic carbocycles. The molecule has 0 aromatic heterocycles. The Bertz CT molecular complexity index is 2290. The zero-order chi connectivity index (χ0) is 41.8. The first-order valence-electron chi connectivity index (χ1n) is 22.9. The summed E-state index contributed by atoms with van der Waals surface area (Å²) in [5.41, 5.74) is 14.5. The van der Waals surface area contributed by atoms with Crippen molar-refractivity contribution < 1.29 is 28.4 Å². The van der Waals surface area contributed by atoms with Crippen LogP contribution < -0.4 is 28.4 Å². The van der Waals surface area contributed by atoms with Crippen molar-refractivity contribution in [1.82, 2.24) is 0 Å². The van der Waals surface area contributed by atoms with Gasteiger partial charge in [0.15, 0.2) is 0 Å². The van der Waals surface area contributed by atoms with Gasteiger partial charge in [0.1, 0.15) is 74.1 Å². The van der Waals surface area contributed by atoms with Crippen molar-refractivity contribution in [2.45, 2.75) is 122 Å². The topological polar surface area (TPSA) is 55.4 Å². The Balaban J connectivity index is 1.27. The summed E-state index contributed by atoms with van der Waals surface area (Å²) in [4.78, 5) is 0. The summed E-state index contributed by atoms with van der Waals surface area (Å²) in [6, 6.07) is 39.7. The minimum Gasteiger partial charge on any atom is -0.489 e. The number of ether oxygens (including phenoxy) is 6. The van der Waals surface area contributed by atoms with Crippen LogP contribution in [-0.4, -0.2) is 0 Å². The standard InChI is InChI=1S/C56H54O6/c1-5-20-54-47-23-35-29-57-41-8-10-42(11-9-41)58-30-36-24-48(54)50-26-38(36)32-60-44-14-18-46(19-15-44)62-34-40-28-52-51-27-39(40)33-61-45-16-12-43(13-17-45)59-31-37(35)25-49(47)55(51,21-6-2)53(54,4)56(50,52)22-7-3/h8-19,23-28H,5-7,20-22,29-34H2,1-4H3. The average molecular weight is 823 g/mol. The van der Waals surface area contributed by atoms with Crippen LogP contribution in [0.3, 0.4) is 0 Å². The molecule has 0 unspecified atom stereocenters. The zero-order valence-corrected chi connectivity index (χ0v) is 36.3. The molecule has 0 saturated heterocycles. The molecule has 6 heteroatoms. The van der Waals surface area contributed by atoms with Gasteiger partial charge in [-0.05, 0) is 159 Å². The van der Waals surface area contributed by atoms with Crippen LogP contribution in [0.5, 0.6) is 34.5 Å². The number of benzene rings is 6. The Morgan fingerprint density at radius 3 is 0.661 bits per heavy atom. The lowest BCUT2D eigenvalue weighted by Crippen LogP contribution is -2.54. The summed E-state index contributed by atoms with van der Waals surface area (Å²) in [5, 5.41) is 0. The molecule has 6 heterocycles. The molecular weight excluding hydrogens is 769 g/mol. The maximum Gasteiger partial charge on any atom is 0.120 e. The normalized spacial score (nSPS) is 25.2. The second-order valence-electron chi connectivity index (χ2n) is 18.7. The van der Waals surface area contributed by atoms with Crippen molar-refractivity contribution in [2.75, 3.05) is 0 Å². The van der Waals surface area contributed by atoms with Crippen LogP contribution in [0, 0.1) is 5.41 Å². The second-order valence-corrected chi connectivity index (χ2v) is 18.7. The molecule has 18 bridgehead atoms. The molecule has 0 amide bonds. The first-order chi connectivity index (χ1) is 30.4. The van der Waals surface area contributed by atoms with Crippen molar-refractivity contribution in [1.29, 1.82) is 0 Å². The smallest absolute Gasteiger partial charge is 0.120 e. The fraction of sp³-hybridized carbons (Fsp3) is 0.357. The van der Waals surface area contributed by atoms with Crippen LogP contribution in [0.4, 0.5) is 0 Å². The van der Waals surface area contributed by atoms with Crippen LogP contribution in [0.25, 0.3) is 0 Å². The van der Waals surface area contributed by atoms with Crippen LogP contribution >= 0.6 is 0 Å². The van der Waals surface area contributed by atoms with E-state index < -0.39 is 0 Å². The summed E-state index contributed by atoms with van der Waals surface area (Å²) < 4.78 is 40.3. The van der Waals surface area contributed by atoms with E-state index >= 15 is 0 Å². The molecule has 9 aliphatic rings. The highest BCUT2D eigenvalue weighted by atomic mass is 16.5. The molecule has 0 saturated carbocycles. The molecule has 15 rings (SSSR count). The fourth-order valence-corrected chi connectivity index (χ4v) is 13.7. The van der Waals surface area contributed by atoms with E-state index in [0.717, 1.165) is 73.0 Å². The Labute approximate surface area is 365 Å². The van der Waals surface area contributed by atoms with Gasteiger partial charge in [0.25, 0.3) is 0 Å². The lowest BCUT2D eigenvalue weighted by Gasteiger charge is -2.53. The van der Waals surface area contributed by atoms with E-state index in [0.29, 0.717) is 39.6 Å². The molecule has 314 valence electrons. The van der Waals surface area contributed by atoms with Gasteiger partial charge in [-0.1, -0.05) is 83.4 Å². The minimum absolute atomic E-state index is 0.284. The summed E-state index contributed by atoms with van der Waals surface area (Å²) >= 11 is 0. The van der Waals surface area contributed by atoms with Crippen molar-refractivity contribution in [3.05, 3.63) is 176 Å². The van der Waals surface area contributed by atoms with Gasteiger partial charge in [-0.25, -0.2) is 0 Å². The first kappa shape index (κ1) is 37.8. The van der Waals surface area contributed by atoms with Gasteiger partial charge in [0, 0.05) is 21.7 Å². The molecule has 0 spiro atoms. The maximum atomic E-state index is 6.72. The number of fused-ring (bicyclic) bond motifs is 12. The van der Waals surface area contributed by atoms with E-state index in [1.54, 1.807) is 0 Å². The monoisotopic (exact) mass is 822 g/mol. The molecule has 0 N–H and O–H groups in total. The predicted molar refractivity (Wildman–Crippen MR) is 240 cm³/mol. The molecule has 0 fully saturated rings. The van der Waals surface area contributed by atoms with E-state index in [9.17, 15) is 0 Å². The van der Waals surface area contributed by atoms with Crippen molar-refractivity contribution in [3.63, 3.8) is 0 Å². The minimum atomic E-state index is -0.331. The molecule has 6 aromatic rings. The summed E-state index contributed by atoms with van der Waals surface area (Å²) in [5.74, 6) is 4.88. The third-order valence-corrected chi connectivity index (χ3v) is 16.1. The van der Waals surface area contributed by atoms with E-state index in [1.165, 1.54) is 66.8 Å². The zero-order valence-electron chi connectivity index (χ0n) is 36.3. The summed E-state index contributed by atoms with van der Waals surface area (Å²) in [6.07, 6.45) is 6.16. The molecule has 6 aliphatic heterocycles. The SMILES string of the molecule is CCCC12c3cc4c5cc3C3(CCC)c6cc(c7cc6C(CCC)(c6cc(c(cc61)COc1ccc(cc1)OC4)COc1ccc(cc1)OC7)C23C)COc1ccc(cc1)OC5. The van der Waals surface area contributed by atoms with Crippen LogP contribution in [-0.2, 0) is 55.9 Å². The number of hydrogen-bond acceptors (Lipinski definition) is 6. The van der Waals surface area contributed by atoms with Crippen molar-refractivity contribution in [2.24, 2.45) is 5.41 Å². The predicted octanol–water partition coefficient (Wildman–Crippen LogP) is 12.7. The maximum absolute atomic E-state index is 6.72. The summed E-state index contributed by atoms with van der Waals surface area (Å²) in [7, 11) is 0. The second kappa shape index (κ2) is 13.8. The van der Waals surface area contributed by atoms with E-state index in [-0.39, 0.29) is 21.7 Å². The third kappa shape index (κ3) is 4.87. The molecule has 6 aromatic carbocycles. The average Bonchev–Trinajstić information content (AvgIpc) is 3.68. The van der Waals surface area contributed by atoms with E-state index in [4.69, 9.17) is 28.4 Å². The van der Waals surface area contributed by atoms with Gasteiger partial charge in [-0.3, -0.25) is 0 Å². The Morgan fingerprint density at radius 2 is 0.500 bits per heavy atom. The van der Waals surface area contributed by atoms with Gasteiger partial charge in [0.05, 0.1) is 0 Å². The number of hydrogen-bond donors (Lipinski definition) is 0.